The lowest BCUT2D eigenvalue weighted by Crippen LogP contribution is -2.37. The minimum atomic E-state index is -1.08. The van der Waals surface area contributed by atoms with Gasteiger partial charge < -0.3 is 9.90 Å². The summed E-state index contributed by atoms with van der Waals surface area (Å²) in [4.78, 5) is 22.5. The fourth-order valence-electron chi connectivity index (χ4n) is 1.24. The van der Waals surface area contributed by atoms with Crippen LogP contribution in [0.2, 0.25) is 0 Å². The SMILES string of the molecule is CC(C=O)N(Cc1ccccc1)C(=O)O. The van der Waals surface area contributed by atoms with Crippen LogP contribution in [0.5, 0.6) is 0 Å². The molecule has 0 heterocycles. The number of hydrogen-bond acceptors (Lipinski definition) is 2. The van der Waals surface area contributed by atoms with Crippen molar-refractivity contribution in [2.24, 2.45) is 0 Å². The van der Waals surface area contributed by atoms with Crippen molar-refractivity contribution in [1.82, 2.24) is 4.90 Å². The second kappa shape index (κ2) is 5.14. The molecule has 15 heavy (non-hydrogen) atoms. The van der Waals surface area contributed by atoms with Crippen LogP contribution >= 0.6 is 0 Å². The molecule has 1 aromatic rings. The number of carbonyl (C=O) groups is 2. The summed E-state index contributed by atoms with van der Waals surface area (Å²) in [5.74, 6) is 0. The molecule has 1 N–H and O–H groups in total. The maximum absolute atomic E-state index is 10.9. The number of nitrogens with zero attached hydrogens (tertiary/aromatic N) is 1. The summed E-state index contributed by atoms with van der Waals surface area (Å²) in [6, 6.07) is 8.56. The van der Waals surface area contributed by atoms with Gasteiger partial charge in [-0.3, -0.25) is 4.90 Å². The van der Waals surface area contributed by atoms with E-state index >= 15 is 0 Å². The fraction of sp³-hybridized carbons (Fsp3) is 0.273. The molecule has 0 radical (unpaired) electrons. The van der Waals surface area contributed by atoms with Crippen LogP contribution in [-0.2, 0) is 11.3 Å². The molecule has 1 amide bonds. The van der Waals surface area contributed by atoms with Crippen molar-refractivity contribution < 1.29 is 14.7 Å². The first-order chi connectivity index (χ1) is 7.15. The molecule has 80 valence electrons. The summed E-state index contributed by atoms with van der Waals surface area (Å²) in [5, 5.41) is 8.90. The Morgan fingerprint density at radius 1 is 1.47 bits per heavy atom. The summed E-state index contributed by atoms with van der Waals surface area (Å²) < 4.78 is 0. The van der Waals surface area contributed by atoms with E-state index in [9.17, 15) is 9.59 Å². The van der Waals surface area contributed by atoms with Crippen molar-refractivity contribution in [3.8, 4) is 0 Å². The van der Waals surface area contributed by atoms with E-state index in [-0.39, 0.29) is 6.54 Å². The highest BCUT2D eigenvalue weighted by Gasteiger charge is 2.18. The van der Waals surface area contributed by atoms with E-state index < -0.39 is 12.1 Å². The van der Waals surface area contributed by atoms with Gasteiger partial charge in [0, 0.05) is 6.54 Å². The molecule has 1 atom stereocenters. The van der Waals surface area contributed by atoms with Crippen molar-refractivity contribution in [2.45, 2.75) is 19.5 Å². The monoisotopic (exact) mass is 207 g/mol. The lowest BCUT2D eigenvalue weighted by atomic mass is 10.2. The van der Waals surface area contributed by atoms with Crippen LogP contribution in [0.4, 0.5) is 4.79 Å². The van der Waals surface area contributed by atoms with E-state index in [4.69, 9.17) is 5.11 Å². The third kappa shape index (κ3) is 3.09. The van der Waals surface area contributed by atoms with Gasteiger partial charge in [0.05, 0.1) is 6.04 Å². The molecular formula is C11H13NO3. The maximum Gasteiger partial charge on any atom is 0.408 e. The highest BCUT2D eigenvalue weighted by molar-refractivity contribution is 5.71. The number of aldehydes is 1. The largest absolute Gasteiger partial charge is 0.465 e. The van der Waals surface area contributed by atoms with Crippen LogP contribution < -0.4 is 0 Å². The third-order valence-corrected chi connectivity index (χ3v) is 2.13. The van der Waals surface area contributed by atoms with Gasteiger partial charge >= 0.3 is 6.09 Å². The standard InChI is InChI=1S/C11H13NO3/c1-9(8-13)12(11(14)15)7-10-5-3-2-4-6-10/h2-6,8-9H,7H2,1H3,(H,14,15). The zero-order chi connectivity index (χ0) is 11.3. The number of benzene rings is 1. The fourth-order valence-corrected chi connectivity index (χ4v) is 1.24. The quantitative estimate of drug-likeness (QED) is 0.765. The molecule has 0 aliphatic heterocycles. The van der Waals surface area contributed by atoms with E-state index in [2.05, 4.69) is 0 Å². The predicted molar refractivity (Wildman–Crippen MR) is 55.5 cm³/mol. The summed E-state index contributed by atoms with van der Waals surface area (Å²) >= 11 is 0. The van der Waals surface area contributed by atoms with Gasteiger partial charge in [0.15, 0.2) is 0 Å². The smallest absolute Gasteiger partial charge is 0.408 e. The number of amides is 1. The number of carbonyl (C=O) groups excluding carboxylic acids is 1. The lowest BCUT2D eigenvalue weighted by molar-refractivity contribution is -0.111. The van der Waals surface area contributed by atoms with Gasteiger partial charge in [-0.2, -0.15) is 0 Å². The Kier molecular flexibility index (Phi) is 3.85. The topological polar surface area (TPSA) is 57.6 Å². The third-order valence-electron chi connectivity index (χ3n) is 2.13. The molecule has 1 aromatic carbocycles. The van der Waals surface area contributed by atoms with Crippen LogP contribution in [0.25, 0.3) is 0 Å². The Hall–Kier alpha value is -1.84. The Morgan fingerprint density at radius 3 is 2.53 bits per heavy atom. The van der Waals surface area contributed by atoms with Gasteiger partial charge in [-0.15, -0.1) is 0 Å². The average molecular weight is 207 g/mol. The first-order valence-electron chi connectivity index (χ1n) is 4.64. The van der Waals surface area contributed by atoms with Gasteiger partial charge in [0.1, 0.15) is 6.29 Å². The molecular weight excluding hydrogens is 194 g/mol. The van der Waals surface area contributed by atoms with E-state index in [1.54, 1.807) is 6.92 Å². The van der Waals surface area contributed by atoms with Gasteiger partial charge in [-0.1, -0.05) is 30.3 Å². The van der Waals surface area contributed by atoms with Crippen molar-refractivity contribution >= 4 is 12.4 Å². The van der Waals surface area contributed by atoms with Crippen LogP contribution in [0.15, 0.2) is 30.3 Å². The van der Waals surface area contributed by atoms with E-state index in [0.29, 0.717) is 6.29 Å². The minimum Gasteiger partial charge on any atom is -0.465 e. The number of rotatable bonds is 4. The number of carboxylic acid groups (broad SMARTS) is 1. The molecule has 0 bridgehead atoms. The predicted octanol–water partition coefficient (Wildman–Crippen LogP) is 1.75. The molecule has 1 rings (SSSR count). The Balaban J connectivity index is 2.76. The van der Waals surface area contributed by atoms with E-state index in [1.165, 1.54) is 0 Å². The highest BCUT2D eigenvalue weighted by atomic mass is 16.4. The summed E-state index contributed by atoms with van der Waals surface area (Å²) in [6.07, 6.45) is -0.463. The second-order valence-corrected chi connectivity index (χ2v) is 3.27. The molecule has 0 saturated carbocycles. The second-order valence-electron chi connectivity index (χ2n) is 3.27. The number of hydrogen-bond donors (Lipinski definition) is 1. The normalized spacial score (nSPS) is 11.8. The first-order valence-corrected chi connectivity index (χ1v) is 4.64. The molecule has 4 nitrogen and oxygen atoms in total. The van der Waals surface area contributed by atoms with E-state index in [0.717, 1.165) is 10.5 Å². The maximum atomic E-state index is 10.9. The highest BCUT2D eigenvalue weighted by Crippen LogP contribution is 2.07. The Bertz CT molecular complexity index is 337. The van der Waals surface area contributed by atoms with Crippen molar-refractivity contribution in [1.29, 1.82) is 0 Å². The van der Waals surface area contributed by atoms with Crippen LogP contribution in [0.1, 0.15) is 12.5 Å². The van der Waals surface area contributed by atoms with Crippen molar-refractivity contribution in [3.05, 3.63) is 35.9 Å². The molecule has 0 spiro atoms. The average Bonchev–Trinajstić information content (AvgIpc) is 2.26. The molecule has 1 unspecified atom stereocenters. The zero-order valence-corrected chi connectivity index (χ0v) is 8.46. The lowest BCUT2D eigenvalue weighted by Gasteiger charge is -2.22. The van der Waals surface area contributed by atoms with Crippen molar-refractivity contribution in [2.75, 3.05) is 0 Å². The summed E-state index contributed by atoms with van der Waals surface area (Å²) in [5.41, 5.74) is 0.869. The van der Waals surface area contributed by atoms with Crippen molar-refractivity contribution in [3.63, 3.8) is 0 Å². The summed E-state index contributed by atoms with van der Waals surface area (Å²) in [7, 11) is 0. The molecule has 0 fully saturated rings. The first kappa shape index (κ1) is 11.2. The zero-order valence-electron chi connectivity index (χ0n) is 8.46. The van der Waals surface area contributed by atoms with Crippen LogP contribution in [0.3, 0.4) is 0 Å². The molecule has 4 heteroatoms. The van der Waals surface area contributed by atoms with E-state index in [1.807, 2.05) is 30.3 Å². The van der Waals surface area contributed by atoms with Crippen LogP contribution in [0, 0.1) is 0 Å². The van der Waals surface area contributed by atoms with Gasteiger partial charge in [0.25, 0.3) is 0 Å². The minimum absolute atomic E-state index is 0.232. The van der Waals surface area contributed by atoms with Gasteiger partial charge in [-0.25, -0.2) is 4.79 Å². The van der Waals surface area contributed by atoms with Crippen LogP contribution in [-0.4, -0.2) is 28.4 Å². The Labute approximate surface area is 88.1 Å². The van der Waals surface area contributed by atoms with Gasteiger partial charge in [0.2, 0.25) is 0 Å². The summed E-state index contributed by atoms with van der Waals surface area (Å²) in [6.45, 7) is 1.79. The molecule has 0 saturated heterocycles. The molecule has 0 aromatic heterocycles. The Morgan fingerprint density at radius 2 is 2.07 bits per heavy atom. The van der Waals surface area contributed by atoms with Gasteiger partial charge in [-0.05, 0) is 12.5 Å². The molecule has 0 aliphatic carbocycles. The molecule has 0 aliphatic rings.